The summed E-state index contributed by atoms with van der Waals surface area (Å²) in [7, 11) is 0. The van der Waals surface area contributed by atoms with Gasteiger partial charge in [0.25, 0.3) is 0 Å². The molecule has 3 nitrogen and oxygen atoms in total. The zero-order valence-electron chi connectivity index (χ0n) is 8.48. The Balaban J connectivity index is 2.17. The van der Waals surface area contributed by atoms with Gasteiger partial charge in [-0.15, -0.1) is 10.2 Å². The summed E-state index contributed by atoms with van der Waals surface area (Å²) in [5.41, 5.74) is 0.944. The van der Waals surface area contributed by atoms with Crippen LogP contribution in [0.25, 0.3) is 5.65 Å². The van der Waals surface area contributed by atoms with Crippen LogP contribution in [0.1, 0.15) is 32.0 Å². The van der Waals surface area contributed by atoms with E-state index in [9.17, 15) is 0 Å². The van der Waals surface area contributed by atoms with Gasteiger partial charge in [0.2, 0.25) is 0 Å². The average Bonchev–Trinajstić information content (AvgIpc) is 2.63. The van der Waals surface area contributed by atoms with E-state index in [1.807, 2.05) is 24.4 Å². The number of unbranched alkanes of at least 4 members (excludes halogenated alkanes) is 2. The third-order valence-corrected chi connectivity index (χ3v) is 2.39. The van der Waals surface area contributed by atoms with E-state index in [0.29, 0.717) is 0 Å². The van der Waals surface area contributed by atoms with Gasteiger partial charge in [0.15, 0.2) is 5.65 Å². The zero-order chi connectivity index (χ0) is 9.80. The van der Waals surface area contributed by atoms with Crippen molar-refractivity contribution in [3.8, 4) is 0 Å². The molecule has 0 fully saturated rings. The summed E-state index contributed by atoms with van der Waals surface area (Å²) in [6, 6.07) is 5.98. The highest BCUT2D eigenvalue weighted by molar-refractivity contribution is 5.36. The maximum absolute atomic E-state index is 4.18. The first-order valence-corrected chi connectivity index (χ1v) is 5.20. The Morgan fingerprint density at radius 1 is 1.21 bits per heavy atom. The van der Waals surface area contributed by atoms with E-state index in [1.165, 1.54) is 19.3 Å². The van der Waals surface area contributed by atoms with E-state index < -0.39 is 0 Å². The zero-order valence-corrected chi connectivity index (χ0v) is 8.48. The Kier molecular flexibility index (Phi) is 2.77. The lowest BCUT2D eigenvalue weighted by Gasteiger charge is -1.97. The largest absolute Gasteiger partial charge is 0.286 e. The molecule has 2 aromatic rings. The maximum atomic E-state index is 4.18. The number of aromatic nitrogens is 3. The fourth-order valence-electron chi connectivity index (χ4n) is 1.59. The van der Waals surface area contributed by atoms with Gasteiger partial charge in [0, 0.05) is 12.6 Å². The fourth-order valence-corrected chi connectivity index (χ4v) is 1.59. The average molecular weight is 189 g/mol. The maximum Gasteiger partial charge on any atom is 0.160 e. The van der Waals surface area contributed by atoms with Crippen molar-refractivity contribution in [2.75, 3.05) is 0 Å². The molecule has 0 aromatic carbocycles. The minimum Gasteiger partial charge on any atom is -0.286 e. The molecule has 0 aliphatic heterocycles. The molecular formula is C11H15N3. The highest BCUT2D eigenvalue weighted by atomic mass is 15.2. The fraction of sp³-hybridized carbons (Fsp3) is 0.455. The van der Waals surface area contributed by atoms with Gasteiger partial charge in [-0.05, 0) is 18.6 Å². The van der Waals surface area contributed by atoms with E-state index in [0.717, 1.165) is 17.9 Å². The number of hydrogen-bond donors (Lipinski definition) is 0. The Bertz CT molecular complexity index is 406. The van der Waals surface area contributed by atoms with Crippen molar-refractivity contribution >= 4 is 5.65 Å². The van der Waals surface area contributed by atoms with Crippen molar-refractivity contribution in [1.29, 1.82) is 0 Å². The van der Waals surface area contributed by atoms with Crippen LogP contribution in [0.5, 0.6) is 0 Å². The van der Waals surface area contributed by atoms with Crippen LogP contribution >= 0.6 is 0 Å². The lowest BCUT2D eigenvalue weighted by atomic mass is 10.2. The second kappa shape index (κ2) is 4.22. The Hall–Kier alpha value is -1.38. The topological polar surface area (TPSA) is 30.2 Å². The van der Waals surface area contributed by atoms with E-state index in [1.54, 1.807) is 0 Å². The minimum absolute atomic E-state index is 0.944. The van der Waals surface area contributed by atoms with Crippen LogP contribution < -0.4 is 0 Å². The molecular weight excluding hydrogens is 174 g/mol. The molecule has 0 saturated carbocycles. The molecule has 0 radical (unpaired) electrons. The van der Waals surface area contributed by atoms with Gasteiger partial charge in [0.05, 0.1) is 0 Å². The summed E-state index contributed by atoms with van der Waals surface area (Å²) in [4.78, 5) is 0. The first kappa shape index (κ1) is 9.19. The Morgan fingerprint density at radius 3 is 3.00 bits per heavy atom. The summed E-state index contributed by atoms with van der Waals surface area (Å²) in [6.07, 6.45) is 6.76. The standard InChI is InChI=1S/C11H15N3/c1-2-3-4-7-10-12-13-11-8-5-6-9-14(10)11/h5-6,8-9H,2-4,7H2,1H3. The van der Waals surface area contributed by atoms with Crippen molar-refractivity contribution in [3.05, 3.63) is 30.2 Å². The predicted molar refractivity (Wildman–Crippen MR) is 56.2 cm³/mol. The summed E-state index contributed by atoms with van der Waals surface area (Å²) in [5, 5.41) is 8.29. The molecule has 0 spiro atoms. The van der Waals surface area contributed by atoms with E-state index in [4.69, 9.17) is 0 Å². The molecule has 2 heterocycles. The van der Waals surface area contributed by atoms with Crippen LogP contribution in [0.2, 0.25) is 0 Å². The van der Waals surface area contributed by atoms with E-state index in [-0.39, 0.29) is 0 Å². The molecule has 2 rings (SSSR count). The summed E-state index contributed by atoms with van der Waals surface area (Å²) >= 11 is 0. The molecule has 0 bridgehead atoms. The molecule has 0 amide bonds. The number of aryl methyl sites for hydroxylation is 1. The molecule has 74 valence electrons. The number of rotatable bonds is 4. The second-order valence-corrected chi connectivity index (χ2v) is 3.50. The Labute approximate surface area is 83.8 Å². The Morgan fingerprint density at radius 2 is 2.14 bits per heavy atom. The quantitative estimate of drug-likeness (QED) is 0.691. The monoisotopic (exact) mass is 189 g/mol. The number of nitrogens with zero attached hydrogens (tertiary/aromatic N) is 3. The molecule has 14 heavy (non-hydrogen) atoms. The molecule has 0 N–H and O–H groups in total. The van der Waals surface area contributed by atoms with Gasteiger partial charge >= 0.3 is 0 Å². The van der Waals surface area contributed by atoms with Gasteiger partial charge in [-0.3, -0.25) is 4.40 Å². The summed E-state index contributed by atoms with van der Waals surface area (Å²) < 4.78 is 2.07. The molecule has 0 saturated heterocycles. The molecule has 0 unspecified atom stereocenters. The lowest BCUT2D eigenvalue weighted by molar-refractivity contribution is 0.688. The third-order valence-electron chi connectivity index (χ3n) is 2.39. The molecule has 3 heteroatoms. The van der Waals surface area contributed by atoms with E-state index in [2.05, 4.69) is 21.5 Å². The molecule has 0 aliphatic carbocycles. The van der Waals surface area contributed by atoms with Crippen LogP contribution in [0.3, 0.4) is 0 Å². The summed E-state index contributed by atoms with van der Waals surface area (Å²) in [6.45, 7) is 2.21. The van der Waals surface area contributed by atoms with Crippen molar-refractivity contribution in [2.45, 2.75) is 32.6 Å². The molecule has 0 aliphatic rings. The van der Waals surface area contributed by atoms with Gasteiger partial charge in [-0.1, -0.05) is 25.8 Å². The van der Waals surface area contributed by atoms with Crippen LogP contribution in [-0.2, 0) is 6.42 Å². The van der Waals surface area contributed by atoms with E-state index >= 15 is 0 Å². The van der Waals surface area contributed by atoms with Gasteiger partial charge in [-0.2, -0.15) is 0 Å². The number of pyridine rings is 1. The highest BCUT2D eigenvalue weighted by Gasteiger charge is 2.02. The van der Waals surface area contributed by atoms with Crippen molar-refractivity contribution in [2.24, 2.45) is 0 Å². The van der Waals surface area contributed by atoms with Crippen LogP contribution in [-0.4, -0.2) is 14.6 Å². The lowest BCUT2D eigenvalue weighted by Crippen LogP contribution is -1.94. The third kappa shape index (κ3) is 1.76. The number of fused-ring (bicyclic) bond motifs is 1. The number of hydrogen-bond acceptors (Lipinski definition) is 2. The first-order chi connectivity index (χ1) is 6.92. The molecule has 0 atom stereocenters. The second-order valence-electron chi connectivity index (χ2n) is 3.50. The molecule has 2 aromatic heterocycles. The highest BCUT2D eigenvalue weighted by Crippen LogP contribution is 2.06. The van der Waals surface area contributed by atoms with Crippen LogP contribution in [0, 0.1) is 0 Å². The normalized spacial score (nSPS) is 10.9. The van der Waals surface area contributed by atoms with Gasteiger partial charge in [0.1, 0.15) is 5.82 Å². The van der Waals surface area contributed by atoms with Gasteiger partial charge in [-0.25, -0.2) is 0 Å². The van der Waals surface area contributed by atoms with Gasteiger partial charge < -0.3 is 0 Å². The van der Waals surface area contributed by atoms with Crippen LogP contribution in [0.15, 0.2) is 24.4 Å². The smallest absolute Gasteiger partial charge is 0.160 e. The minimum atomic E-state index is 0.944. The SMILES string of the molecule is CCCCCc1nnc2ccccn12. The van der Waals surface area contributed by atoms with Crippen molar-refractivity contribution in [1.82, 2.24) is 14.6 Å². The van der Waals surface area contributed by atoms with Crippen molar-refractivity contribution < 1.29 is 0 Å². The van der Waals surface area contributed by atoms with Crippen LogP contribution in [0.4, 0.5) is 0 Å². The first-order valence-electron chi connectivity index (χ1n) is 5.20. The predicted octanol–water partition coefficient (Wildman–Crippen LogP) is 2.46. The summed E-state index contributed by atoms with van der Waals surface area (Å²) in [5.74, 6) is 1.08. The van der Waals surface area contributed by atoms with Crippen molar-refractivity contribution in [3.63, 3.8) is 0 Å².